The van der Waals surface area contributed by atoms with Crippen molar-refractivity contribution < 1.29 is 0 Å². The van der Waals surface area contributed by atoms with Gasteiger partial charge in [0, 0.05) is 6.04 Å². The summed E-state index contributed by atoms with van der Waals surface area (Å²) in [6, 6.07) is 22.3. The lowest BCUT2D eigenvalue weighted by Crippen LogP contribution is -2.31. The van der Waals surface area contributed by atoms with Crippen molar-refractivity contribution in [2.75, 3.05) is 13.1 Å². The molecular weight excluding hydrogens is 254 g/mol. The molecule has 1 heteroatoms. The molecule has 0 aliphatic rings. The summed E-state index contributed by atoms with van der Waals surface area (Å²) in [5.74, 6) is 0. The predicted octanol–water partition coefficient (Wildman–Crippen LogP) is 5.09. The van der Waals surface area contributed by atoms with Crippen molar-refractivity contribution >= 4 is 0 Å². The molecule has 0 spiro atoms. The molecule has 0 aromatic heterocycles. The van der Waals surface area contributed by atoms with Crippen LogP contribution in [-0.4, -0.2) is 18.0 Å². The van der Waals surface area contributed by atoms with Gasteiger partial charge in [0.25, 0.3) is 0 Å². The monoisotopic (exact) mass is 281 g/mol. The summed E-state index contributed by atoms with van der Waals surface area (Å²) in [5.41, 5.74) is 2.85. The van der Waals surface area contributed by atoms with Gasteiger partial charge in [-0.15, -0.1) is 0 Å². The predicted molar refractivity (Wildman–Crippen MR) is 91.5 cm³/mol. The first-order valence-corrected chi connectivity index (χ1v) is 8.18. The number of benzene rings is 2. The van der Waals surface area contributed by atoms with Crippen molar-refractivity contribution in [3.05, 3.63) is 71.8 Å². The Morgan fingerprint density at radius 1 is 0.762 bits per heavy atom. The van der Waals surface area contributed by atoms with Gasteiger partial charge in [0.05, 0.1) is 0 Å². The maximum atomic E-state index is 2.64. The van der Waals surface area contributed by atoms with Gasteiger partial charge in [-0.05, 0) is 43.5 Å². The van der Waals surface area contributed by atoms with Gasteiger partial charge in [0.1, 0.15) is 0 Å². The molecule has 2 aromatic carbocycles. The van der Waals surface area contributed by atoms with Gasteiger partial charge >= 0.3 is 0 Å². The van der Waals surface area contributed by atoms with Gasteiger partial charge in [0.2, 0.25) is 0 Å². The van der Waals surface area contributed by atoms with Crippen molar-refractivity contribution in [3.63, 3.8) is 0 Å². The molecule has 2 aromatic rings. The Balaban J connectivity index is 2.24. The van der Waals surface area contributed by atoms with Crippen molar-refractivity contribution in [3.8, 4) is 0 Å². The molecule has 2 rings (SSSR count). The van der Waals surface area contributed by atoms with Gasteiger partial charge in [-0.2, -0.15) is 0 Å². The molecule has 0 fully saturated rings. The zero-order valence-corrected chi connectivity index (χ0v) is 13.3. The Bertz CT molecular complexity index is 486. The molecule has 0 saturated heterocycles. The molecule has 1 unspecified atom stereocenters. The Labute approximate surface area is 129 Å². The van der Waals surface area contributed by atoms with E-state index in [1.165, 1.54) is 37.1 Å². The Kier molecular flexibility index (Phi) is 6.49. The maximum absolute atomic E-state index is 2.64. The van der Waals surface area contributed by atoms with Gasteiger partial charge in [0.15, 0.2) is 0 Å². The van der Waals surface area contributed by atoms with Crippen LogP contribution in [0.4, 0.5) is 0 Å². The first kappa shape index (κ1) is 15.8. The molecule has 0 heterocycles. The van der Waals surface area contributed by atoms with Crippen molar-refractivity contribution in [1.29, 1.82) is 0 Å². The molecule has 0 saturated carbocycles. The minimum absolute atomic E-state index is 0.480. The number of hydrogen-bond donors (Lipinski definition) is 0. The highest BCUT2D eigenvalue weighted by Gasteiger charge is 2.19. The summed E-state index contributed by atoms with van der Waals surface area (Å²) >= 11 is 0. The first-order chi connectivity index (χ1) is 10.3. The third-order valence-corrected chi connectivity index (χ3v) is 3.92. The molecule has 0 amide bonds. The standard InChI is InChI=1S/C20H27N/c1-3-15-21(16-4-2)20(19-13-9-6-10-14-19)17-18-11-7-5-8-12-18/h5-14,20H,3-4,15-17H2,1-2H3. The largest absolute Gasteiger partial charge is 0.296 e. The molecule has 1 atom stereocenters. The van der Waals surface area contributed by atoms with Crippen LogP contribution in [0, 0.1) is 0 Å². The van der Waals surface area contributed by atoms with Crippen LogP contribution >= 0.6 is 0 Å². The van der Waals surface area contributed by atoms with Crippen molar-refractivity contribution in [1.82, 2.24) is 4.90 Å². The Morgan fingerprint density at radius 3 is 1.81 bits per heavy atom. The topological polar surface area (TPSA) is 3.24 Å². The molecule has 21 heavy (non-hydrogen) atoms. The van der Waals surface area contributed by atoms with E-state index in [2.05, 4.69) is 79.4 Å². The normalized spacial score (nSPS) is 12.5. The lowest BCUT2D eigenvalue weighted by Gasteiger charge is -2.32. The van der Waals surface area contributed by atoms with Crippen LogP contribution in [0.5, 0.6) is 0 Å². The van der Waals surface area contributed by atoms with E-state index in [1.54, 1.807) is 0 Å². The van der Waals surface area contributed by atoms with E-state index in [9.17, 15) is 0 Å². The van der Waals surface area contributed by atoms with E-state index in [4.69, 9.17) is 0 Å². The minimum Gasteiger partial charge on any atom is -0.296 e. The Hall–Kier alpha value is -1.60. The highest BCUT2D eigenvalue weighted by atomic mass is 15.1. The fraction of sp³-hybridized carbons (Fsp3) is 0.400. The van der Waals surface area contributed by atoms with E-state index in [0.717, 1.165) is 6.42 Å². The summed E-state index contributed by atoms with van der Waals surface area (Å²) in [7, 11) is 0. The molecule has 112 valence electrons. The molecule has 0 radical (unpaired) electrons. The van der Waals surface area contributed by atoms with Crippen molar-refractivity contribution in [2.24, 2.45) is 0 Å². The second kappa shape index (κ2) is 8.63. The number of rotatable bonds is 8. The van der Waals surface area contributed by atoms with Crippen molar-refractivity contribution in [2.45, 2.75) is 39.2 Å². The lowest BCUT2D eigenvalue weighted by atomic mass is 9.97. The summed E-state index contributed by atoms with van der Waals surface area (Å²) in [5, 5.41) is 0. The lowest BCUT2D eigenvalue weighted by molar-refractivity contribution is 0.196. The Morgan fingerprint density at radius 2 is 1.29 bits per heavy atom. The maximum Gasteiger partial charge on any atom is 0.0388 e. The van der Waals surface area contributed by atoms with E-state index >= 15 is 0 Å². The highest BCUT2D eigenvalue weighted by Crippen LogP contribution is 2.25. The summed E-state index contributed by atoms with van der Waals surface area (Å²) in [4.78, 5) is 2.64. The summed E-state index contributed by atoms with van der Waals surface area (Å²) in [6.07, 6.45) is 3.50. The van der Waals surface area contributed by atoms with Crippen LogP contribution in [0.2, 0.25) is 0 Å². The average molecular weight is 281 g/mol. The summed E-state index contributed by atoms with van der Waals surface area (Å²) < 4.78 is 0. The SMILES string of the molecule is CCCN(CCC)C(Cc1ccccc1)c1ccccc1. The number of hydrogen-bond acceptors (Lipinski definition) is 1. The van der Waals surface area contributed by atoms with Gasteiger partial charge in [-0.25, -0.2) is 0 Å². The van der Waals surface area contributed by atoms with Crippen LogP contribution in [-0.2, 0) is 6.42 Å². The zero-order valence-electron chi connectivity index (χ0n) is 13.3. The fourth-order valence-corrected chi connectivity index (χ4v) is 2.97. The molecular formula is C20H27N. The van der Waals surface area contributed by atoms with Crippen LogP contribution in [0.3, 0.4) is 0 Å². The molecule has 1 nitrogen and oxygen atoms in total. The quantitative estimate of drug-likeness (QED) is 0.651. The third-order valence-electron chi connectivity index (χ3n) is 3.92. The van der Waals surface area contributed by atoms with E-state index in [-0.39, 0.29) is 0 Å². The molecule has 0 bridgehead atoms. The molecule has 0 aliphatic carbocycles. The second-order valence-electron chi connectivity index (χ2n) is 5.65. The fourth-order valence-electron chi connectivity index (χ4n) is 2.97. The van der Waals surface area contributed by atoms with Crippen LogP contribution < -0.4 is 0 Å². The third kappa shape index (κ3) is 4.71. The first-order valence-electron chi connectivity index (χ1n) is 8.18. The number of nitrogens with zero attached hydrogens (tertiary/aromatic N) is 1. The smallest absolute Gasteiger partial charge is 0.0388 e. The van der Waals surface area contributed by atoms with Crippen LogP contribution in [0.1, 0.15) is 43.9 Å². The zero-order chi connectivity index (χ0) is 14.9. The van der Waals surface area contributed by atoms with Gasteiger partial charge in [-0.1, -0.05) is 74.5 Å². The second-order valence-corrected chi connectivity index (χ2v) is 5.65. The highest BCUT2D eigenvalue weighted by molar-refractivity contribution is 5.24. The van der Waals surface area contributed by atoms with E-state index < -0.39 is 0 Å². The summed E-state index contributed by atoms with van der Waals surface area (Å²) in [6.45, 7) is 6.88. The minimum atomic E-state index is 0.480. The molecule has 0 N–H and O–H groups in total. The van der Waals surface area contributed by atoms with Gasteiger partial charge in [-0.3, -0.25) is 4.90 Å². The van der Waals surface area contributed by atoms with Crippen LogP contribution in [0.25, 0.3) is 0 Å². The van der Waals surface area contributed by atoms with E-state index in [1.807, 2.05) is 0 Å². The molecule has 0 aliphatic heterocycles. The van der Waals surface area contributed by atoms with Gasteiger partial charge < -0.3 is 0 Å². The average Bonchev–Trinajstić information content (AvgIpc) is 2.54. The van der Waals surface area contributed by atoms with Crippen LogP contribution in [0.15, 0.2) is 60.7 Å². The van der Waals surface area contributed by atoms with E-state index in [0.29, 0.717) is 6.04 Å².